The molecule has 0 fully saturated rings. The zero-order chi connectivity index (χ0) is 16.0. The number of benzene rings is 1. The molecule has 0 aromatic heterocycles. The molecule has 1 aromatic carbocycles. The molecule has 0 aliphatic heterocycles. The van der Waals surface area contributed by atoms with Gasteiger partial charge >= 0.3 is 0 Å². The maximum atomic E-state index is 12.2. The summed E-state index contributed by atoms with van der Waals surface area (Å²) in [7, 11) is 1.50. The van der Waals surface area contributed by atoms with Gasteiger partial charge in [0, 0.05) is 11.0 Å². The van der Waals surface area contributed by atoms with E-state index in [2.05, 4.69) is 6.58 Å². The monoisotopic (exact) mass is 290 g/mol. The molecule has 0 unspecified atom stereocenters. The minimum atomic E-state index is -0.521. The number of hydrogen-bond acceptors (Lipinski definition) is 4. The Morgan fingerprint density at radius 3 is 2.43 bits per heavy atom. The molecule has 0 bridgehead atoms. The van der Waals surface area contributed by atoms with Gasteiger partial charge in [0.2, 0.25) is 0 Å². The lowest BCUT2D eigenvalue weighted by atomic mass is 9.87. The topological polar surface area (TPSA) is 52.6 Å². The van der Waals surface area contributed by atoms with Gasteiger partial charge in [0.15, 0.2) is 17.3 Å². The second-order valence-electron chi connectivity index (χ2n) is 5.74. The summed E-state index contributed by atoms with van der Waals surface area (Å²) in [6.45, 7) is 9.33. The SMILES string of the molecule is C=CCOc1ccc(C(=O)CC(=O)C(C)(C)C)cc1OC. The van der Waals surface area contributed by atoms with Crippen molar-refractivity contribution in [2.45, 2.75) is 27.2 Å². The van der Waals surface area contributed by atoms with E-state index in [0.29, 0.717) is 23.7 Å². The standard InChI is InChI=1S/C17H22O4/c1-6-9-21-14-8-7-12(10-15(14)20-5)13(18)11-16(19)17(2,3)4/h6-8,10H,1,9,11H2,2-5H3. The first kappa shape index (κ1) is 17.0. The van der Waals surface area contributed by atoms with Crippen molar-refractivity contribution in [3.05, 3.63) is 36.4 Å². The third-order valence-electron chi connectivity index (χ3n) is 3.00. The molecule has 21 heavy (non-hydrogen) atoms. The number of carbonyl (C=O) groups excluding carboxylic acids is 2. The lowest BCUT2D eigenvalue weighted by molar-refractivity contribution is -0.125. The Bertz CT molecular complexity index is 538. The highest BCUT2D eigenvalue weighted by Gasteiger charge is 2.24. The van der Waals surface area contributed by atoms with Crippen LogP contribution in [-0.4, -0.2) is 25.3 Å². The maximum Gasteiger partial charge on any atom is 0.170 e. The highest BCUT2D eigenvalue weighted by Crippen LogP contribution is 2.29. The highest BCUT2D eigenvalue weighted by atomic mass is 16.5. The van der Waals surface area contributed by atoms with Gasteiger partial charge in [0.05, 0.1) is 13.5 Å². The van der Waals surface area contributed by atoms with E-state index in [9.17, 15) is 9.59 Å². The van der Waals surface area contributed by atoms with E-state index in [0.717, 1.165) is 0 Å². The van der Waals surface area contributed by atoms with Crippen molar-refractivity contribution in [1.29, 1.82) is 0 Å². The average molecular weight is 290 g/mol. The third-order valence-corrected chi connectivity index (χ3v) is 3.00. The largest absolute Gasteiger partial charge is 0.493 e. The van der Waals surface area contributed by atoms with Crippen LogP contribution in [-0.2, 0) is 4.79 Å². The lowest BCUT2D eigenvalue weighted by Crippen LogP contribution is -2.23. The van der Waals surface area contributed by atoms with E-state index in [4.69, 9.17) is 9.47 Å². The number of carbonyl (C=O) groups is 2. The normalized spacial score (nSPS) is 10.9. The van der Waals surface area contributed by atoms with Crippen LogP contribution in [0.15, 0.2) is 30.9 Å². The van der Waals surface area contributed by atoms with E-state index in [1.165, 1.54) is 7.11 Å². The summed E-state index contributed by atoms with van der Waals surface area (Å²) in [5, 5.41) is 0. The number of ketones is 2. The van der Waals surface area contributed by atoms with Gasteiger partial charge in [-0.25, -0.2) is 0 Å². The molecule has 1 rings (SSSR count). The molecule has 0 aliphatic carbocycles. The Kier molecular flexibility index (Phi) is 5.70. The Balaban J connectivity index is 2.91. The molecular weight excluding hydrogens is 268 g/mol. The fourth-order valence-electron chi connectivity index (χ4n) is 1.62. The van der Waals surface area contributed by atoms with Crippen LogP contribution in [0.25, 0.3) is 0 Å². The molecule has 0 radical (unpaired) electrons. The van der Waals surface area contributed by atoms with E-state index in [1.807, 2.05) is 0 Å². The third kappa shape index (κ3) is 4.74. The minimum Gasteiger partial charge on any atom is -0.493 e. The summed E-state index contributed by atoms with van der Waals surface area (Å²) in [6.07, 6.45) is 1.51. The van der Waals surface area contributed by atoms with Crippen molar-refractivity contribution >= 4 is 11.6 Å². The van der Waals surface area contributed by atoms with Crippen LogP contribution in [0.3, 0.4) is 0 Å². The summed E-state index contributed by atoms with van der Waals surface area (Å²) >= 11 is 0. The van der Waals surface area contributed by atoms with Gasteiger partial charge in [0.1, 0.15) is 12.4 Å². The van der Waals surface area contributed by atoms with E-state index in [-0.39, 0.29) is 18.0 Å². The molecule has 0 saturated heterocycles. The highest BCUT2D eigenvalue weighted by molar-refractivity contribution is 6.09. The molecule has 4 nitrogen and oxygen atoms in total. The Morgan fingerprint density at radius 1 is 1.24 bits per heavy atom. The molecule has 0 N–H and O–H groups in total. The van der Waals surface area contributed by atoms with Crippen LogP contribution in [0.1, 0.15) is 37.6 Å². The van der Waals surface area contributed by atoms with Crippen LogP contribution < -0.4 is 9.47 Å². The molecular formula is C17H22O4. The lowest BCUT2D eigenvalue weighted by Gasteiger charge is -2.16. The molecule has 0 atom stereocenters. The summed E-state index contributed by atoms with van der Waals surface area (Å²) in [6, 6.07) is 4.90. The van der Waals surface area contributed by atoms with E-state index < -0.39 is 5.41 Å². The number of ether oxygens (including phenoxy) is 2. The predicted molar refractivity (Wildman–Crippen MR) is 82.1 cm³/mol. The van der Waals surface area contributed by atoms with E-state index in [1.54, 1.807) is 45.0 Å². The van der Waals surface area contributed by atoms with Gasteiger partial charge in [-0.2, -0.15) is 0 Å². The number of methoxy groups -OCH3 is 1. The van der Waals surface area contributed by atoms with Gasteiger partial charge in [0.25, 0.3) is 0 Å². The van der Waals surface area contributed by atoms with Gasteiger partial charge in [-0.05, 0) is 18.2 Å². The van der Waals surface area contributed by atoms with Crippen molar-refractivity contribution in [1.82, 2.24) is 0 Å². The first-order chi connectivity index (χ1) is 9.79. The van der Waals surface area contributed by atoms with Crippen molar-refractivity contribution in [3.63, 3.8) is 0 Å². The Morgan fingerprint density at radius 2 is 1.90 bits per heavy atom. The Labute approximate surface area is 125 Å². The number of Topliss-reactive ketones (excluding diaryl/α,β-unsaturated/α-hetero) is 2. The van der Waals surface area contributed by atoms with Gasteiger partial charge in [-0.15, -0.1) is 0 Å². The first-order valence-electron chi connectivity index (χ1n) is 6.78. The fourth-order valence-corrected chi connectivity index (χ4v) is 1.62. The van der Waals surface area contributed by atoms with Crippen molar-refractivity contribution in [3.8, 4) is 11.5 Å². The summed E-state index contributed by atoms with van der Waals surface area (Å²) < 4.78 is 10.6. The molecule has 0 aliphatic rings. The molecule has 4 heteroatoms. The molecule has 0 spiro atoms. The van der Waals surface area contributed by atoms with Crippen molar-refractivity contribution in [2.75, 3.05) is 13.7 Å². The number of hydrogen-bond donors (Lipinski definition) is 0. The molecule has 0 amide bonds. The van der Waals surface area contributed by atoms with Gasteiger partial charge in [-0.1, -0.05) is 33.4 Å². The molecule has 0 heterocycles. The molecule has 0 saturated carbocycles. The predicted octanol–water partition coefficient (Wildman–Crippen LogP) is 3.45. The van der Waals surface area contributed by atoms with Crippen LogP contribution in [0.2, 0.25) is 0 Å². The van der Waals surface area contributed by atoms with Crippen LogP contribution in [0.5, 0.6) is 11.5 Å². The second-order valence-corrected chi connectivity index (χ2v) is 5.74. The molecule has 114 valence electrons. The minimum absolute atomic E-state index is 0.0848. The van der Waals surface area contributed by atoms with Crippen LogP contribution in [0.4, 0.5) is 0 Å². The zero-order valence-corrected chi connectivity index (χ0v) is 13.1. The van der Waals surface area contributed by atoms with Crippen molar-refractivity contribution in [2.24, 2.45) is 5.41 Å². The maximum absolute atomic E-state index is 12.2. The van der Waals surface area contributed by atoms with Crippen LogP contribution >= 0.6 is 0 Å². The average Bonchev–Trinajstić information content (AvgIpc) is 2.43. The van der Waals surface area contributed by atoms with Gasteiger partial charge < -0.3 is 9.47 Å². The molecule has 1 aromatic rings. The summed E-state index contributed by atoms with van der Waals surface area (Å²) in [4.78, 5) is 24.1. The number of rotatable bonds is 7. The van der Waals surface area contributed by atoms with Gasteiger partial charge in [-0.3, -0.25) is 9.59 Å². The quantitative estimate of drug-likeness (QED) is 0.438. The Hall–Kier alpha value is -2.10. The second kappa shape index (κ2) is 7.07. The van der Waals surface area contributed by atoms with Crippen LogP contribution in [0, 0.1) is 5.41 Å². The van der Waals surface area contributed by atoms with Crippen molar-refractivity contribution < 1.29 is 19.1 Å². The fraction of sp³-hybridized carbons (Fsp3) is 0.412. The first-order valence-corrected chi connectivity index (χ1v) is 6.78. The smallest absolute Gasteiger partial charge is 0.170 e. The summed E-state index contributed by atoms with van der Waals surface area (Å²) in [5.41, 5.74) is -0.0809. The zero-order valence-electron chi connectivity index (χ0n) is 13.1. The van der Waals surface area contributed by atoms with E-state index >= 15 is 0 Å². The summed E-state index contributed by atoms with van der Waals surface area (Å²) in [5.74, 6) is 0.698.